The molecular weight excluding hydrogens is 238 g/mol. The minimum Gasteiger partial charge on any atom is -0.497 e. The van der Waals surface area contributed by atoms with Crippen LogP contribution in [0.25, 0.3) is 0 Å². The van der Waals surface area contributed by atoms with Gasteiger partial charge < -0.3 is 9.30 Å². The normalized spacial score (nSPS) is 10.2. The van der Waals surface area contributed by atoms with Crippen molar-refractivity contribution in [2.24, 2.45) is 0 Å². The van der Waals surface area contributed by atoms with Crippen molar-refractivity contribution in [1.82, 2.24) is 4.57 Å². The molecule has 4 heteroatoms. The second kappa shape index (κ2) is 5.06. The lowest BCUT2D eigenvalue weighted by atomic mass is 10.2. The molecule has 0 bridgehead atoms. The molecule has 88 valence electrons. The zero-order valence-corrected chi connectivity index (χ0v) is 10.1. The van der Waals surface area contributed by atoms with E-state index < -0.39 is 0 Å². The number of benzene rings is 1. The molecule has 0 amide bonds. The van der Waals surface area contributed by atoms with Crippen LogP contribution in [-0.4, -0.2) is 11.7 Å². The first-order valence-electron chi connectivity index (χ1n) is 5.18. The first-order valence-corrected chi connectivity index (χ1v) is 5.56. The number of methoxy groups -OCH3 is 1. The molecule has 17 heavy (non-hydrogen) atoms. The van der Waals surface area contributed by atoms with Gasteiger partial charge in [-0.25, -0.2) is 0 Å². The van der Waals surface area contributed by atoms with Crippen molar-refractivity contribution >= 4 is 11.6 Å². The van der Waals surface area contributed by atoms with E-state index in [2.05, 4.69) is 0 Å². The number of hydrogen-bond acceptors (Lipinski definition) is 2. The summed E-state index contributed by atoms with van der Waals surface area (Å²) in [5, 5.41) is 0.597. The monoisotopic (exact) mass is 249 g/mol. The van der Waals surface area contributed by atoms with Gasteiger partial charge in [0, 0.05) is 17.3 Å². The highest BCUT2D eigenvalue weighted by atomic mass is 35.5. The number of rotatable bonds is 3. The third kappa shape index (κ3) is 2.68. The minimum absolute atomic E-state index is 0.0422. The van der Waals surface area contributed by atoms with Gasteiger partial charge in [0.25, 0.3) is 5.56 Å². The Bertz CT molecular complexity index is 578. The smallest absolute Gasteiger partial charge is 0.250 e. The topological polar surface area (TPSA) is 31.2 Å². The number of aromatic nitrogens is 1. The summed E-state index contributed by atoms with van der Waals surface area (Å²) in [4.78, 5) is 11.6. The summed E-state index contributed by atoms with van der Waals surface area (Å²) in [6.07, 6.45) is 1.74. The molecule has 0 spiro atoms. The lowest BCUT2D eigenvalue weighted by Crippen LogP contribution is -2.18. The van der Waals surface area contributed by atoms with Crippen molar-refractivity contribution in [2.75, 3.05) is 7.11 Å². The molecule has 0 aliphatic carbocycles. The molecule has 0 saturated heterocycles. The average molecular weight is 250 g/mol. The number of nitrogens with zero attached hydrogens (tertiary/aromatic N) is 1. The van der Waals surface area contributed by atoms with Gasteiger partial charge in [0.1, 0.15) is 5.75 Å². The molecule has 0 unspecified atom stereocenters. The molecular formula is C13H12ClNO2. The van der Waals surface area contributed by atoms with Gasteiger partial charge in [-0.15, -0.1) is 0 Å². The predicted molar refractivity (Wildman–Crippen MR) is 67.8 cm³/mol. The van der Waals surface area contributed by atoms with Crippen LogP contribution in [0.4, 0.5) is 0 Å². The zero-order chi connectivity index (χ0) is 12.3. The summed E-state index contributed by atoms with van der Waals surface area (Å²) in [5.74, 6) is 0.708. The summed E-state index contributed by atoms with van der Waals surface area (Å²) in [5.41, 5.74) is 0.847. The molecule has 0 N–H and O–H groups in total. The Morgan fingerprint density at radius 2 is 2.12 bits per heavy atom. The Labute approximate surface area is 104 Å². The van der Waals surface area contributed by atoms with E-state index >= 15 is 0 Å². The van der Waals surface area contributed by atoms with Crippen molar-refractivity contribution in [3.05, 3.63) is 63.5 Å². The first kappa shape index (κ1) is 11.7. The summed E-state index contributed by atoms with van der Waals surface area (Å²) < 4.78 is 6.68. The largest absolute Gasteiger partial charge is 0.497 e. The van der Waals surface area contributed by atoms with Gasteiger partial charge in [0.2, 0.25) is 0 Å². The molecule has 0 saturated carbocycles. The molecule has 1 aromatic heterocycles. The van der Waals surface area contributed by atoms with Gasteiger partial charge in [0.05, 0.1) is 13.7 Å². The summed E-state index contributed by atoms with van der Waals surface area (Å²) >= 11 is 6.12. The lowest BCUT2D eigenvalue weighted by Gasteiger charge is -2.08. The molecule has 2 aromatic rings. The van der Waals surface area contributed by atoms with E-state index in [0.717, 1.165) is 5.56 Å². The van der Waals surface area contributed by atoms with Crippen LogP contribution in [0.3, 0.4) is 0 Å². The fourth-order valence-electron chi connectivity index (χ4n) is 1.56. The summed E-state index contributed by atoms with van der Waals surface area (Å²) in [6.45, 7) is 0.461. The molecule has 0 fully saturated rings. The van der Waals surface area contributed by atoms with Crippen molar-refractivity contribution in [1.29, 1.82) is 0 Å². The van der Waals surface area contributed by atoms with Gasteiger partial charge in [-0.05, 0) is 23.8 Å². The maximum Gasteiger partial charge on any atom is 0.250 e. The van der Waals surface area contributed by atoms with Gasteiger partial charge in [-0.2, -0.15) is 0 Å². The van der Waals surface area contributed by atoms with Crippen molar-refractivity contribution < 1.29 is 4.74 Å². The zero-order valence-electron chi connectivity index (χ0n) is 9.39. The first-order chi connectivity index (χ1) is 8.20. The average Bonchev–Trinajstić information content (AvgIpc) is 2.34. The van der Waals surface area contributed by atoms with Crippen LogP contribution in [0, 0.1) is 0 Å². The molecule has 2 rings (SSSR count). The van der Waals surface area contributed by atoms with Gasteiger partial charge >= 0.3 is 0 Å². The van der Waals surface area contributed by atoms with Gasteiger partial charge in [-0.1, -0.05) is 23.7 Å². The third-order valence-corrected chi connectivity index (χ3v) is 2.85. The van der Waals surface area contributed by atoms with Crippen molar-refractivity contribution in [3.8, 4) is 5.75 Å². The lowest BCUT2D eigenvalue weighted by molar-refractivity contribution is 0.414. The van der Waals surface area contributed by atoms with E-state index in [0.29, 0.717) is 17.3 Å². The Hall–Kier alpha value is -1.74. The maximum atomic E-state index is 11.6. The SMILES string of the molecule is COc1ccc(Cn2ccccc2=O)c(Cl)c1. The standard InChI is InChI=1S/C13H12ClNO2/c1-17-11-6-5-10(12(14)8-11)9-15-7-3-2-4-13(15)16/h2-8H,9H2,1H3. The van der Waals surface area contributed by atoms with E-state index in [9.17, 15) is 4.79 Å². The quantitative estimate of drug-likeness (QED) is 0.837. The van der Waals surface area contributed by atoms with Crippen LogP contribution >= 0.6 is 11.6 Å². The third-order valence-electron chi connectivity index (χ3n) is 2.50. The van der Waals surface area contributed by atoms with E-state index in [-0.39, 0.29) is 5.56 Å². The van der Waals surface area contributed by atoms with E-state index in [1.165, 1.54) is 6.07 Å². The van der Waals surface area contributed by atoms with Crippen molar-refractivity contribution in [3.63, 3.8) is 0 Å². The Morgan fingerprint density at radius 3 is 2.76 bits per heavy atom. The van der Waals surface area contributed by atoms with E-state index in [1.54, 1.807) is 30.0 Å². The van der Waals surface area contributed by atoms with E-state index in [4.69, 9.17) is 16.3 Å². The van der Waals surface area contributed by atoms with Crippen LogP contribution in [0.1, 0.15) is 5.56 Å². The van der Waals surface area contributed by atoms with Crippen molar-refractivity contribution in [2.45, 2.75) is 6.54 Å². The number of hydrogen-bond donors (Lipinski definition) is 0. The second-order valence-corrected chi connectivity index (χ2v) is 4.03. The molecule has 0 aliphatic heterocycles. The number of pyridine rings is 1. The highest BCUT2D eigenvalue weighted by Gasteiger charge is 2.03. The van der Waals surface area contributed by atoms with Crippen LogP contribution in [0.15, 0.2) is 47.4 Å². The molecule has 1 aromatic carbocycles. The fourth-order valence-corrected chi connectivity index (χ4v) is 1.79. The van der Waals surface area contributed by atoms with Crippen LogP contribution < -0.4 is 10.3 Å². The van der Waals surface area contributed by atoms with Gasteiger partial charge in [0.15, 0.2) is 0 Å². The van der Waals surface area contributed by atoms with Crippen LogP contribution in [-0.2, 0) is 6.54 Å². The summed E-state index contributed by atoms with van der Waals surface area (Å²) in [6, 6.07) is 10.5. The number of halogens is 1. The molecule has 0 radical (unpaired) electrons. The van der Waals surface area contributed by atoms with Crippen LogP contribution in [0.2, 0.25) is 5.02 Å². The highest BCUT2D eigenvalue weighted by molar-refractivity contribution is 6.31. The summed E-state index contributed by atoms with van der Waals surface area (Å²) in [7, 11) is 1.59. The molecule has 3 nitrogen and oxygen atoms in total. The Kier molecular flexibility index (Phi) is 3.49. The Balaban J connectivity index is 2.31. The highest BCUT2D eigenvalue weighted by Crippen LogP contribution is 2.22. The number of ether oxygens (including phenoxy) is 1. The molecule has 0 atom stereocenters. The predicted octanol–water partition coefficient (Wildman–Crippen LogP) is 2.56. The minimum atomic E-state index is -0.0422. The molecule has 0 aliphatic rings. The maximum absolute atomic E-state index is 11.6. The van der Waals surface area contributed by atoms with Crippen LogP contribution in [0.5, 0.6) is 5.75 Å². The second-order valence-electron chi connectivity index (χ2n) is 3.62. The molecule has 1 heterocycles. The van der Waals surface area contributed by atoms with Gasteiger partial charge in [-0.3, -0.25) is 4.79 Å². The fraction of sp³-hybridized carbons (Fsp3) is 0.154. The van der Waals surface area contributed by atoms with E-state index in [1.807, 2.05) is 18.2 Å². The Morgan fingerprint density at radius 1 is 1.29 bits per heavy atom.